The van der Waals surface area contributed by atoms with E-state index in [0.29, 0.717) is 30.8 Å². The molecule has 1 aliphatic carbocycles. The summed E-state index contributed by atoms with van der Waals surface area (Å²) in [5.41, 5.74) is 4.00. The van der Waals surface area contributed by atoms with Crippen LogP contribution in [0.25, 0.3) is 0 Å². The fourth-order valence-corrected chi connectivity index (χ4v) is 3.12. The third-order valence-electron chi connectivity index (χ3n) is 4.12. The highest BCUT2D eigenvalue weighted by Gasteiger charge is 2.28. The van der Waals surface area contributed by atoms with Crippen molar-refractivity contribution in [2.45, 2.75) is 32.7 Å². The summed E-state index contributed by atoms with van der Waals surface area (Å²) in [6.07, 6.45) is 4.27. The van der Waals surface area contributed by atoms with Gasteiger partial charge in [-0.05, 0) is 31.7 Å². The molecule has 0 saturated carbocycles. The Balaban J connectivity index is 2.05. The Morgan fingerprint density at radius 1 is 1.30 bits per heavy atom. The molecule has 0 bridgehead atoms. The van der Waals surface area contributed by atoms with Gasteiger partial charge in [0.15, 0.2) is 0 Å². The molecular formula is C18H20N2O3. The molecule has 0 aliphatic heterocycles. The van der Waals surface area contributed by atoms with Crippen molar-refractivity contribution >= 4 is 11.7 Å². The molecule has 3 rings (SSSR count). The van der Waals surface area contributed by atoms with Crippen LogP contribution in [0.2, 0.25) is 0 Å². The average Bonchev–Trinajstić information content (AvgIpc) is 2.95. The number of rotatable bonds is 4. The Hall–Kier alpha value is -2.56. The molecule has 0 unspecified atom stereocenters. The van der Waals surface area contributed by atoms with Crippen molar-refractivity contribution in [2.24, 2.45) is 5.16 Å². The van der Waals surface area contributed by atoms with E-state index in [4.69, 9.17) is 4.74 Å². The number of esters is 1. The fraction of sp³-hybridized carbons (Fsp3) is 0.333. The first-order valence-electron chi connectivity index (χ1n) is 7.89. The molecule has 0 radical (unpaired) electrons. The van der Waals surface area contributed by atoms with Crippen molar-refractivity contribution in [3.05, 3.63) is 58.9 Å². The number of fused-ring (bicyclic) bond motifs is 1. The molecule has 120 valence electrons. The predicted molar refractivity (Wildman–Crippen MR) is 87.2 cm³/mol. The number of oxime groups is 1. The minimum absolute atomic E-state index is 0.322. The number of aromatic nitrogens is 1. The van der Waals surface area contributed by atoms with E-state index in [9.17, 15) is 10.0 Å². The molecule has 0 saturated heterocycles. The summed E-state index contributed by atoms with van der Waals surface area (Å²) in [5.74, 6) is -0.362. The molecule has 23 heavy (non-hydrogen) atoms. The van der Waals surface area contributed by atoms with Gasteiger partial charge in [-0.2, -0.15) is 0 Å². The molecule has 1 aliphatic rings. The zero-order valence-electron chi connectivity index (χ0n) is 13.2. The number of carbonyl (C=O) groups is 1. The second kappa shape index (κ2) is 6.69. The van der Waals surface area contributed by atoms with Crippen molar-refractivity contribution in [2.75, 3.05) is 6.61 Å². The smallest absolute Gasteiger partial charge is 0.340 e. The summed E-state index contributed by atoms with van der Waals surface area (Å²) in [4.78, 5) is 12.3. The molecule has 1 aromatic carbocycles. The lowest BCUT2D eigenvalue weighted by atomic mass is 9.93. The van der Waals surface area contributed by atoms with E-state index in [1.54, 1.807) is 6.92 Å². The van der Waals surface area contributed by atoms with Gasteiger partial charge in [0.2, 0.25) is 0 Å². The summed E-state index contributed by atoms with van der Waals surface area (Å²) >= 11 is 0. The number of carbonyl (C=O) groups excluding carboxylic acids is 1. The fourth-order valence-electron chi connectivity index (χ4n) is 3.12. The molecular weight excluding hydrogens is 292 g/mol. The lowest BCUT2D eigenvalue weighted by Crippen LogP contribution is -2.17. The quantitative estimate of drug-likeness (QED) is 0.535. The van der Waals surface area contributed by atoms with Gasteiger partial charge in [-0.1, -0.05) is 35.5 Å². The van der Waals surface area contributed by atoms with E-state index in [1.807, 2.05) is 24.4 Å². The summed E-state index contributed by atoms with van der Waals surface area (Å²) < 4.78 is 7.23. The van der Waals surface area contributed by atoms with Gasteiger partial charge in [0.1, 0.15) is 0 Å². The van der Waals surface area contributed by atoms with Crippen LogP contribution in [-0.2, 0) is 17.7 Å². The molecule has 1 heterocycles. The molecule has 0 fully saturated rings. The Morgan fingerprint density at radius 3 is 2.78 bits per heavy atom. The standard InChI is InChI=1S/C18H20N2O3/c1-2-23-18(21)14-12-20(11-13-7-4-3-5-8-13)16-10-6-9-15(19-22)17(14)16/h3-5,7-8,12,22H,2,6,9-11H2,1H3/b19-15-. The Labute approximate surface area is 135 Å². The van der Waals surface area contributed by atoms with Gasteiger partial charge in [-0.3, -0.25) is 0 Å². The van der Waals surface area contributed by atoms with E-state index >= 15 is 0 Å². The first-order valence-corrected chi connectivity index (χ1v) is 7.89. The average molecular weight is 312 g/mol. The summed E-state index contributed by atoms with van der Waals surface area (Å²) in [5, 5.41) is 12.7. The predicted octanol–water partition coefficient (Wildman–Crippen LogP) is 3.23. The zero-order chi connectivity index (χ0) is 16.2. The Bertz CT molecular complexity index is 732. The SMILES string of the molecule is CCOC(=O)c1cn(Cc2ccccc2)c2c1/C(=N\O)CCC2. The van der Waals surface area contributed by atoms with Crippen molar-refractivity contribution in [1.82, 2.24) is 4.57 Å². The van der Waals surface area contributed by atoms with Crippen molar-refractivity contribution in [3.8, 4) is 0 Å². The van der Waals surface area contributed by atoms with E-state index < -0.39 is 0 Å². The van der Waals surface area contributed by atoms with Crippen molar-refractivity contribution < 1.29 is 14.7 Å². The van der Waals surface area contributed by atoms with Crippen LogP contribution in [0.5, 0.6) is 0 Å². The lowest BCUT2D eigenvalue weighted by Gasteiger charge is -2.17. The number of benzene rings is 1. The van der Waals surface area contributed by atoms with Crippen LogP contribution in [0.4, 0.5) is 0 Å². The highest BCUT2D eigenvalue weighted by Crippen LogP contribution is 2.28. The normalized spacial score (nSPS) is 15.4. The van der Waals surface area contributed by atoms with Gasteiger partial charge in [0.25, 0.3) is 0 Å². The molecule has 5 heteroatoms. The third kappa shape index (κ3) is 2.99. The topological polar surface area (TPSA) is 63.8 Å². The van der Waals surface area contributed by atoms with Crippen LogP contribution >= 0.6 is 0 Å². The maximum absolute atomic E-state index is 12.3. The van der Waals surface area contributed by atoms with Crippen molar-refractivity contribution in [3.63, 3.8) is 0 Å². The highest BCUT2D eigenvalue weighted by molar-refractivity contribution is 6.10. The Morgan fingerprint density at radius 2 is 2.09 bits per heavy atom. The molecule has 1 N–H and O–H groups in total. The first kappa shape index (κ1) is 15.3. The van der Waals surface area contributed by atoms with Gasteiger partial charge >= 0.3 is 5.97 Å². The van der Waals surface area contributed by atoms with E-state index in [2.05, 4.69) is 21.9 Å². The van der Waals surface area contributed by atoms with E-state index in [-0.39, 0.29) is 5.97 Å². The molecule has 1 aromatic heterocycles. The minimum atomic E-state index is -0.362. The zero-order valence-corrected chi connectivity index (χ0v) is 13.2. The van der Waals surface area contributed by atoms with E-state index in [1.165, 1.54) is 0 Å². The molecule has 2 aromatic rings. The minimum Gasteiger partial charge on any atom is -0.462 e. The number of hydrogen-bond acceptors (Lipinski definition) is 4. The highest BCUT2D eigenvalue weighted by atomic mass is 16.5. The molecule has 0 amide bonds. The van der Waals surface area contributed by atoms with Gasteiger partial charge in [0, 0.05) is 24.0 Å². The largest absolute Gasteiger partial charge is 0.462 e. The van der Waals surface area contributed by atoms with Crippen LogP contribution in [0.1, 0.15) is 46.9 Å². The second-order valence-electron chi connectivity index (χ2n) is 5.60. The lowest BCUT2D eigenvalue weighted by molar-refractivity contribution is 0.0526. The van der Waals surface area contributed by atoms with Gasteiger partial charge in [-0.15, -0.1) is 0 Å². The Kier molecular flexibility index (Phi) is 4.46. The maximum Gasteiger partial charge on any atom is 0.340 e. The van der Waals surface area contributed by atoms with Crippen LogP contribution in [0.15, 0.2) is 41.7 Å². The molecule has 5 nitrogen and oxygen atoms in total. The van der Waals surface area contributed by atoms with Crippen LogP contribution in [0.3, 0.4) is 0 Å². The summed E-state index contributed by atoms with van der Waals surface area (Å²) in [7, 11) is 0. The maximum atomic E-state index is 12.3. The van der Waals surface area contributed by atoms with Crippen LogP contribution in [0, 0.1) is 0 Å². The summed E-state index contributed by atoms with van der Waals surface area (Å²) in [6, 6.07) is 10.1. The van der Waals surface area contributed by atoms with Gasteiger partial charge in [-0.25, -0.2) is 4.79 Å². The van der Waals surface area contributed by atoms with E-state index in [0.717, 1.165) is 29.7 Å². The number of ether oxygens (including phenoxy) is 1. The summed E-state index contributed by atoms with van der Waals surface area (Å²) in [6.45, 7) is 2.79. The monoisotopic (exact) mass is 312 g/mol. The second-order valence-corrected chi connectivity index (χ2v) is 5.60. The number of nitrogens with zero attached hydrogens (tertiary/aromatic N) is 2. The molecule has 0 atom stereocenters. The first-order chi connectivity index (χ1) is 11.2. The number of hydrogen-bond donors (Lipinski definition) is 1. The van der Waals surface area contributed by atoms with Gasteiger partial charge < -0.3 is 14.5 Å². The van der Waals surface area contributed by atoms with Crippen LogP contribution < -0.4 is 0 Å². The third-order valence-corrected chi connectivity index (χ3v) is 4.12. The molecule has 0 spiro atoms. The van der Waals surface area contributed by atoms with Crippen LogP contribution in [-0.4, -0.2) is 28.1 Å². The van der Waals surface area contributed by atoms with Gasteiger partial charge in [0.05, 0.1) is 17.9 Å². The van der Waals surface area contributed by atoms with Crippen molar-refractivity contribution in [1.29, 1.82) is 0 Å².